The van der Waals surface area contributed by atoms with Gasteiger partial charge in [0.2, 0.25) is 0 Å². The highest BCUT2D eigenvalue weighted by Crippen LogP contribution is 2.24. The lowest BCUT2D eigenvalue weighted by atomic mass is 10.3. The highest BCUT2D eigenvalue weighted by atomic mass is 35.5. The second kappa shape index (κ2) is 4.60. The molecule has 0 fully saturated rings. The van der Waals surface area contributed by atoms with Crippen molar-refractivity contribution in [2.24, 2.45) is 0 Å². The molecule has 16 heavy (non-hydrogen) atoms. The van der Waals surface area contributed by atoms with Gasteiger partial charge in [0, 0.05) is 24.9 Å². The number of aromatic nitrogens is 2. The van der Waals surface area contributed by atoms with E-state index in [1.54, 1.807) is 6.07 Å². The average molecular weight is 261 g/mol. The SMILES string of the molecule is CCn1c(CCCl)nc2cc(F)c(Cl)cc21. The number of nitrogens with zero attached hydrogens (tertiary/aromatic N) is 2. The molecule has 2 rings (SSSR count). The predicted molar refractivity (Wildman–Crippen MR) is 64.8 cm³/mol. The summed E-state index contributed by atoms with van der Waals surface area (Å²) in [7, 11) is 0. The van der Waals surface area contributed by atoms with E-state index in [-0.39, 0.29) is 5.02 Å². The fourth-order valence-corrected chi connectivity index (χ4v) is 2.13. The number of benzene rings is 1. The zero-order valence-electron chi connectivity index (χ0n) is 8.80. The van der Waals surface area contributed by atoms with Gasteiger partial charge in [-0.3, -0.25) is 0 Å². The standard InChI is InChI=1S/C11H11Cl2FN2/c1-2-16-10-5-7(13)8(14)6-9(10)15-11(16)3-4-12/h5-6H,2-4H2,1H3. The molecule has 2 aromatic rings. The molecule has 0 saturated carbocycles. The van der Waals surface area contributed by atoms with Crippen molar-refractivity contribution in [1.29, 1.82) is 0 Å². The Kier molecular flexibility index (Phi) is 3.36. The maximum atomic E-state index is 13.3. The van der Waals surface area contributed by atoms with E-state index in [1.807, 2.05) is 11.5 Å². The van der Waals surface area contributed by atoms with Crippen molar-refractivity contribution in [2.45, 2.75) is 19.9 Å². The number of rotatable bonds is 3. The van der Waals surface area contributed by atoms with E-state index in [2.05, 4.69) is 4.98 Å². The molecule has 0 radical (unpaired) electrons. The van der Waals surface area contributed by atoms with Gasteiger partial charge in [-0.1, -0.05) is 11.6 Å². The van der Waals surface area contributed by atoms with Gasteiger partial charge in [-0.05, 0) is 13.0 Å². The molecule has 0 aliphatic carbocycles. The van der Waals surface area contributed by atoms with E-state index in [0.29, 0.717) is 17.8 Å². The summed E-state index contributed by atoms with van der Waals surface area (Å²) in [6, 6.07) is 2.97. The minimum absolute atomic E-state index is 0.125. The lowest BCUT2D eigenvalue weighted by Gasteiger charge is -2.04. The van der Waals surface area contributed by atoms with E-state index < -0.39 is 5.82 Å². The molecule has 0 spiro atoms. The molecule has 1 heterocycles. The van der Waals surface area contributed by atoms with Crippen LogP contribution < -0.4 is 0 Å². The van der Waals surface area contributed by atoms with Gasteiger partial charge in [0.05, 0.1) is 16.1 Å². The maximum Gasteiger partial charge on any atom is 0.144 e. The molecule has 86 valence electrons. The second-order valence-corrected chi connectivity index (χ2v) is 4.25. The first kappa shape index (κ1) is 11.7. The Hall–Kier alpha value is -0.800. The molecule has 2 nitrogen and oxygen atoms in total. The second-order valence-electron chi connectivity index (χ2n) is 3.47. The van der Waals surface area contributed by atoms with Crippen molar-refractivity contribution in [3.05, 3.63) is 28.8 Å². The summed E-state index contributed by atoms with van der Waals surface area (Å²) in [5.41, 5.74) is 1.48. The van der Waals surface area contributed by atoms with Crippen LogP contribution in [0.2, 0.25) is 5.02 Å². The Morgan fingerprint density at radius 1 is 1.44 bits per heavy atom. The van der Waals surface area contributed by atoms with Crippen molar-refractivity contribution in [3.8, 4) is 0 Å². The number of fused-ring (bicyclic) bond motifs is 1. The van der Waals surface area contributed by atoms with Crippen LogP contribution in [0.15, 0.2) is 12.1 Å². The molecular formula is C11H11Cl2FN2. The highest BCUT2D eigenvalue weighted by molar-refractivity contribution is 6.31. The van der Waals surface area contributed by atoms with E-state index in [0.717, 1.165) is 17.9 Å². The van der Waals surface area contributed by atoms with Crippen LogP contribution in [0.1, 0.15) is 12.7 Å². The zero-order valence-corrected chi connectivity index (χ0v) is 10.3. The van der Waals surface area contributed by atoms with Gasteiger partial charge in [0.25, 0.3) is 0 Å². The molecular weight excluding hydrogens is 250 g/mol. The van der Waals surface area contributed by atoms with Crippen LogP contribution in [-0.2, 0) is 13.0 Å². The largest absolute Gasteiger partial charge is 0.328 e. The Morgan fingerprint density at radius 3 is 2.81 bits per heavy atom. The third-order valence-corrected chi connectivity index (χ3v) is 2.98. The van der Waals surface area contributed by atoms with Crippen molar-refractivity contribution >= 4 is 34.2 Å². The topological polar surface area (TPSA) is 17.8 Å². The molecule has 0 saturated heterocycles. The summed E-state index contributed by atoms with van der Waals surface area (Å²) in [6.45, 7) is 2.78. The Bertz CT molecular complexity index is 522. The molecule has 1 aromatic heterocycles. The minimum atomic E-state index is -0.438. The molecule has 0 unspecified atom stereocenters. The molecule has 1 aromatic carbocycles. The van der Waals surface area contributed by atoms with E-state index in [4.69, 9.17) is 23.2 Å². The van der Waals surface area contributed by atoms with Crippen LogP contribution in [0.5, 0.6) is 0 Å². The number of aryl methyl sites for hydroxylation is 2. The number of halogens is 3. The fourth-order valence-electron chi connectivity index (χ4n) is 1.80. The third kappa shape index (κ3) is 1.89. The molecule has 0 atom stereocenters. The Labute approximate surface area is 103 Å². The average Bonchev–Trinajstić information content (AvgIpc) is 2.56. The number of alkyl halides is 1. The van der Waals surface area contributed by atoms with Crippen LogP contribution >= 0.6 is 23.2 Å². The lowest BCUT2D eigenvalue weighted by molar-refractivity contribution is 0.629. The van der Waals surface area contributed by atoms with E-state index in [1.165, 1.54) is 6.07 Å². The summed E-state index contributed by atoms with van der Waals surface area (Å²) < 4.78 is 15.3. The van der Waals surface area contributed by atoms with Crippen LogP contribution in [-0.4, -0.2) is 15.4 Å². The summed E-state index contributed by atoms with van der Waals surface area (Å²) in [6.07, 6.45) is 0.670. The smallest absolute Gasteiger partial charge is 0.144 e. The van der Waals surface area contributed by atoms with Gasteiger partial charge in [0.1, 0.15) is 11.6 Å². The molecule has 0 aliphatic heterocycles. The monoisotopic (exact) mass is 260 g/mol. The van der Waals surface area contributed by atoms with E-state index in [9.17, 15) is 4.39 Å². The predicted octanol–water partition coefficient (Wildman–Crippen LogP) is 3.63. The number of hydrogen-bond donors (Lipinski definition) is 0. The van der Waals surface area contributed by atoms with Gasteiger partial charge >= 0.3 is 0 Å². The van der Waals surface area contributed by atoms with Crippen molar-refractivity contribution in [2.75, 3.05) is 5.88 Å². The Morgan fingerprint density at radius 2 is 2.19 bits per heavy atom. The van der Waals surface area contributed by atoms with Crippen LogP contribution in [0, 0.1) is 5.82 Å². The van der Waals surface area contributed by atoms with Crippen molar-refractivity contribution in [1.82, 2.24) is 9.55 Å². The summed E-state index contributed by atoms with van der Waals surface area (Å²) >= 11 is 11.5. The van der Waals surface area contributed by atoms with Crippen molar-refractivity contribution in [3.63, 3.8) is 0 Å². The molecule has 0 N–H and O–H groups in total. The van der Waals surface area contributed by atoms with Gasteiger partial charge in [-0.2, -0.15) is 0 Å². The first-order valence-corrected chi connectivity index (χ1v) is 5.98. The number of hydrogen-bond acceptors (Lipinski definition) is 1. The van der Waals surface area contributed by atoms with Gasteiger partial charge < -0.3 is 4.57 Å². The third-order valence-electron chi connectivity index (χ3n) is 2.50. The summed E-state index contributed by atoms with van der Waals surface area (Å²) in [5, 5.41) is 0.125. The first-order valence-electron chi connectivity index (χ1n) is 5.07. The van der Waals surface area contributed by atoms with Gasteiger partial charge in [-0.15, -0.1) is 11.6 Å². The molecule has 5 heteroatoms. The number of imidazole rings is 1. The van der Waals surface area contributed by atoms with Crippen LogP contribution in [0.3, 0.4) is 0 Å². The van der Waals surface area contributed by atoms with Crippen molar-refractivity contribution < 1.29 is 4.39 Å². The summed E-state index contributed by atoms with van der Waals surface area (Å²) in [5.74, 6) is 0.931. The first-order chi connectivity index (χ1) is 7.67. The lowest BCUT2D eigenvalue weighted by Crippen LogP contribution is -2.02. The zero-order chi connectivity index (χ0) is 11.7. The normalized spacial score (nSPS) is 11.2. The maximum absolute atomic E-state index is 13.3. The molecule has 0 amide bonds. The van der Waals surface area contributed by atoms with Crippen LogP contribution in [0.4, 0.5) is 4.39 Å². The van der Waals surface area contributed by atoms with Crippen LogP contribution in [0.25, 0.3) is 11.0 Å². The van der Waals surface area contributed by atoms with Gasteiger partial charge in [0.15, 0.2) is 0 Å². The molecule has 0 aliphatic rings. The van der Waals surface area contributed by atoms with Gasteiger partial charge in [-0.25, -0.2) is 9.37 Å². The quantitative estimate of drug-likeness (QED) is 0.771. The minimum Gasteiger partial charge on any atom is -0.328 e. The fraction of sp³-hybridized carbons (Fsp3) is 0.364. The highest BCUT2D eigenvalue weighted by Gasteiger charge is 2.11. The van der Waals surface area contributed by atoms with E-state index >= 15 is 0 Å². The molecule has 0 bridgehead atoms. The Balaban J connectivity index is 2.67. The summed E-state index contributed by atoms with van der Waals surface area (Å²) in [4.78, 5) is 4.36.